The molecule has 1 saturated heterocycles. The van der Waals surface area contributed by atoms with Gasteiger partial charge in [-0.05, 0) is 44.4 Å². The second kappa shape index (κ2) is 4.61. The molecule has 0 spiro atoms. The molecule has 2 fully saturated rings. The van der Waals surface area contributed by atoms with Crippen molar-refractivity contribution in [1.29, 1.82) is 0 Å². The minimum Gasteiger partial charge on any atom is -0.448 e. The Bertz CT molecular complexity index is 554. The van der Waals surface area contributed by atoms with Gasteiger partial charge in [0.05, 0.1) is 6.54 Å². The predicted octanol–water partition coefficient (Wildman–Crippen LogP) is 1.06. The van der Waals surface area contributed by atoms with E-state index in [0.717, 1.165) is 19.2 Å². The van der Waals surface area contributed by atoms with E-state index in [1.54, 1.807) is 6.07 Å². The van der Waals surface area contributed by atoms with Crippen LogP contribution in [0.15, 0.2) is 21.6 Å². The molecule has 19 heavy (non-hydrogen) atoms. The number of rotatable bonds is 4. The highest BCUT2D eigenvalue weighted by Crippen LogP contribution is 2.36. The van der Waals surface area contributed by atoms with Gasteiger partial charge in [-0.1, -0.05) is 0 Å². The summed E-state index contributed by atoms with van der Waals surface area (Å²) in [6.07, 6.45) is 5.95. The molecule has 6 heteroatoms. The van der Waals surface area contributed by atoms with Crippen molar-refractivity contribution in [2.24, 2.45) is 0 Å². The number of furan rings is 1. The van der Waals surface area contributed by atoms with E-state index in [0.29, 0.717) is 18.3 Å². The Kier molecular flexibility index (Phi) is 3.19. The van der Waals surface area contributed by atoms with Crippen LogP contribution in [0.3, 0.4) is 0 Å². The van der Waals surface area contributed by atoms with Gasteiger partial charge in [-0.3, -0.25) is 0 Å². The first kappa shape index (κ1) is 13.1. The minimum absolute atomic E-state index is 0.0503. The lowest BCUT2D eigenvalue weighted by Gasteiger charge is -2.29. The summed E-state index contributed by atoms with van der Waals surface area (Å²) >= 11 is 0. The van der Waals surface area contributed by atoms with Crippen LogP contribution in [0, 0.1) is 0 Å². The molecule has 2 aliphatic rings. The average Bonchev–Trinajstić information content (AvgIpc) is 3.00. The first-order valence-corrected chi connectivity index (χ1v) is 8.66. The Morgan fingerprint density at radius 3 is 3.05 bits per heavy atom. The molecule has 1 aromatic rings. The van der Waals surface area contributed by atoms with E-state index in [1.165, 1.54) is 25.3 Å². The van der Waals surface area contributed by atoms with Crippen molar-refractivity contribution in [3.8, 4) is 0 Å². The third-order valence-corrected chi connectivity index (χ3v) is 5.31. The summed E-state index contributed by atoms with van der Waals surface area (Å²) in [5.41, 5.74) is 0.179. The standard InChI is InChI=1S/C13H20N2O3S/c1-19(16,17)12-5-4-10(18-12)9-15-13-6-2-3-11(13)14-8-7-13/h4-5,11,14-15H,2-3,6-9H2,1H3. The van der Waals surface area contributed by atoms with Gasteiger partial charge >= 0.3 is 0 Å². The van der Waals surface area contributed by atoms with E-state index < -0.39 is 9.84 Å². The molecule has 5 nitrogen and oxygen atoms in total. The smallest absolute Gasteiger partial charge is 0.217 e. The fraction of sp³-hybridized carbons (Fsp3) is 0.692. The summed E-state index contributed by atoms with van der Waals surface area (Å²) in [5, 5.41) is 7.17. The molecule has 106 valence electrons. The summed E-state index contributed by atoms with van der Waals surface area (Å²) in [6.45, 7) is 1.65. The van der Waals surface area contributed by atoms with Gasteiger partial charge in [0.15, 0.2) is 0 Å². The van der Waals surface area contributed by atoms with Crippen LogP contribution in [0.25, 0.3) is 0 Å². The zero-order valence-corrected chi connectivity index (χ0v) is 11.9. The SMILES string of the molecule is CS(=O)(=O)c1ccc(CNC23CCCC2NCC3)o1. The molecule has 3 rings (SSSR count). The van der Waals surface area contributed by atoms with Crippen molar-refractivity contribution < 1.29 is 12.8 Å². The summed E-state index contributed by atoms with van der Waals surface area (Å²) in [7, 11) is -3.25. The first-order chi connectivity index (χ1) is 9.00. The van der Waals surface area contributed by atoms with E-state index in [9.17, 15) is 8.42 Å². The summed E-state index contributed by atoms with van der Waals surface area (Å²) in [5.74, 6) is 0.687. The van der Waals surface area contributed by atoms with Gasteiger partial charge in [0.1, 0.15) is 5.76 Å². The molecule has 2 unspecified atom stereocenters. The zero-order chi connectivity index (χ0) is 13.5. The molecule has 0 aromatic carbocycles. The Labute approximate surface area is 113 Å². The van der Waals surface area contributed by atoms with Crippen LogP contribution >= 0.6 is 0 Å². The maximum atomic E-state index is 11.4. The van der Waals surface area contributed by atoms with Crippen LogP contribution in [0.2, 0.25) is 0 Å². The normalized spacial score (nSPS) is 30.7. The predicted molar refractivity (Wildman–Crippen MR) is 71.6 cm³/mol. The van der Waals surface area contributed by atoms with Crippen LogP contribution in [-0.2, 0) is 16.4 Å². The highest BCUT2D eigenvalue weighted by Gasteiger charge is 2.45. The average molecular weight is 284 g/mol. The maximum Gasteiger partial charge on any atom is 0.217 e. The molecule has 2 heterocycles. The first-order valence-electron chi connectivity index (χ1n) is 6.77. The fourth-order valence-corrected chi connectivity index (χ4v) is 3.93. The molecular formula is C13H20N2O3S. The third kappa shape index (κ3) is 2.44. The van der Waals surface area contributed by atoms with Crippen LogP contribution < -0.4 is 10.6 Å². The number of fused-ring (bicyclic) bond motifs is 1. The molecular weight excluding hydrogens is 264 g/mol. The van der Waals surface area contributed by atoms with Crippen LogP contribution in [0.4, 0.5) is 0 Å². The van der Waals surface area contributed by atoms with Crippen LogP contribution in [-0.4, -0.2) is 32.8 Å². The van der Waals surface area contributed by atoms with Gasteiger partial charge in [0.25, 0.3) is 0 Å². The van der Waals surface area contributed by atoms with Crippen molar-refractivity contribution in [1.82, 2.24) is 10.6 Å². The highest BCUT2D eigenvalue weighted by atomic mass is 32.2. The molecule has 1 aliphatic carbocycles. The monoisotopic (exact) mass is 284 g/mol. The highest BCUT2D eigenvalue weighted by molar-refractivity contribution is 7.90. The van der Waals surface area contributed by atoms with Crippen molar-refractivity contribution in [2.75, 3.05) is 12.8 Å². The summed E-state index contributed by atoms with van der Waals surface area (Å²) in [6, 6.07) is 3.83. The van der Waals surface area contributed by atoms with E-state index >= 15 is 0 Å². The largest absolute Gasteiger partial charge is 0.448 e. The zero-order valence-electron chi connectivity index (χ0n) is 11.1. The van der Waals surface area contributed by atoms with Crippen molar-refractivity contribution >= 4 is 9.84 Å². The maximum absolute atomic E-state index is 11.4. The van der Waals surface area contributed by atoms with Crippen LogP contribution in [0.5, 0.6) is 0 Å². The quantitative estimate of drug-likeness (QED) is 0.865. The van der Waals surface area contributed by atoms with Crippen molar-refractivity contribution in [2.45, 2.75) is 48.9 Å². The lowest BCUT2D eigenvalue weighted by molar-refractivity contribution is 0.297. The molecule has 0 radical (unpaired) electrons. The second-order valence-electron chi connectivity index (χ2n) is 5.65. The van der Waals surface area contributed by atoms with Crippen molar-refractivity contribution in [3.63, 3.8) is 0 Å². The topological polar surface area (TPSA) is 71.3 Å². The molecule has 1 aliphatic heterocycles. The number of sulfone groups is 1. The Balaban J connectivity index is 1.68. The fourth-order valence-electron chi connectivity index (χ4n) is 3.35. The molecule has 0 bridgehead atoms. The minimum atomic E-state index is -3.25. The third-order valence-electron chi connectivity index (χ3n) is 4.36. The van der Waals surface area contributed by atoms with Gasteiger partial charge in [0.2, 0.25) is 14.9 Å². The molecule has 1 aromatic heterocycles. The van der Waals surface area contributed by atoms with Gasteiger partial charge in [0, 0.05) is 17.8 Å². The Morgan fingerprint density at radius 2 is 2.32 bits per heavy atom. The Morgan fingerprint density at radius 1 is 1.47 bits per heavy atom. The second-order valence-corrected chi connectivity index (χ2v) is 7.60. The van der Waals surface area contributed by atoms with E-state index in [4.69, 9.17) is 4.42 Å². The Hall–Kier alpha value is -0.850. The lowest BCUT2D eigenvalue weighted by atomic mass is 9.93. The lowest BCUT2D eigenvalue weighted by Crippen LogP contribution is -2.49. The van der Waals surface area contributed by atoms with E-state index in [1.807, 2.05) is 0 Å². The summed E-state index contributed by atoms with van der Waals surface area (Å²) < 4.78 is 28.1. The van der Waals surface area contributed by atoms with E-state index in [2.05, 4.69) is 10.6 Å². The van der Waals surface area contributed by atoms with Gasteiger partial charge in [-0.25, -0.2) is 8.42 Å². The van der Waals surface area contributed by atoms with Gasteiger partial charge < -0.3 is 15.1 Å². The molecule has 2 N–H and O–H groups in total. The van der Waals surface area contributed by atoms with E-state index in [-0.39, 0.29) is 10.6 Å². The van der Waals surface area contributed by atoms with Gasteiger partial charge in [-0.2, -0.15) is 0 Å². The van der Waals surface area contributed by atoms with Crippen LogP contribution in [0.1, 0.15) is 31.4 Å². The number of hydrogen-bond donors (Lipinski definition) is 2. The number of hydrogen-bond acceptors (Lipinski definition) is 5. The molecule has 0 amide bonds. The summed E-state index contributed by atoms with van der Waals surface area (Å²) in [4.78, 5) is 0. The number of nitrogens with one attached hydrogen (secondary N) is 2. The molecule has 2 atom stereocenters. The van der Waals surface area contributed by atoms with Gasteiger partial charge in [-0.15, -0.1) is 0 Å². The van der Waals surface area contributed by atoms with Crippen molar-refractivity contribution in [3.05, 3.63) is 17.9 Å². The molecule has 1 saturated carbocycles.